The number of hydrogen-bond donors (Lipinski definition) is 0. The van der Waals surface area contributed by atoms with E-state index in [4.69, 9.17) is 32.7 Å². The summed E-state index contributed by atoms with van der Waals surface area (Å²) < 4.78 is 39.0. The molecular weight excluding hydrogens is 371 g/mol. The summed E-state index contributed by atoms with van der Waals surface area (Å²) in [5.74, 6) is -0.996. The Morgan fingerprint density at radius 2 is 1.88 bits per heavy atom. The fraction of sp³-hybridized carbons (Fsp3) is 0.278. The van der Waals surface area contributed by atoms with Crippen LogP contribution in [0.1, 0.15) is 30.5 Å². The van der Waals surface area contributed by atoms with Gasteiger partial charge in [0.15, 0.2) is 0 Å². The van der Waals surface area contributed by atoms with Crippen LogP contribution in [0.4, 0.5) is 8.78 Å². The minimum absolute atomic E-state index is 0.0758. The number of hydrogen-bond acceptors (Lipinski definition) is 3. The third kappa shape index (κ3) is 3.72. The molecule has 2 aromatic carbocycles. The number of benzene rings is 2. The number of ether oxygens (including phenoxy) is 2. The highest BCUT2D eigenvalue weighted by Crippen LogP contribution is 2.38. The van der Waals surface area contributed by atoms with Gasteiger partial charge in [-0.05, 0) is 24.6 Å². The summed E-state index contributed by atoms with van der Waals surface area (Å²) in [6.07, 6.45) is 0.815. The van der Waals surface area contributed by atoms with Crippen molar-refractivity contribution in [2.24, 2.45) is 4.99 Å². The number of rotatable bonds is 5. The van der Waals surface area contributed by atoms with Crippen LogP contribution in [0.2, 0.25) is 10.0 Å². The van der Waals surface area contributed by atoms with Crippen LogP contribution >= 0.6 is 23.2 Å². The normalized spacial score (nSPS) is 16.5. The lowest BCUT2D eigenvalue weighted by Crippen LogP contribution is -2.07. The van der Waals surface area contributed by atoms with E-state index < -0.39 is 17.7 Å². The van der Waals surface area contributed by atoms with E-state index in [2.05, 4.69) is 4.99 Å². The molecule has 1 heterocycles. The quantitative estimate of drug-likeness (QED) is 0.672. The Labute approximate surface area is 154 Å². The van der Waals surface area contributed by atoms with Crippen molar-refractivity contribution in [3.05, 3.63) is 63.1 Å². The molecule has 0 fully saturated rings. The average molecular weight is 386 g/mol. The van der Waals surface area contributed by atoms with Gasteiger partial charge in [-0.1, -0.05) is 36.2 Å². The molecule has 0 aromatic heterocycles. The summed E-state index contributed by atoms with van der Waals surface area (Å²) in [5.41, 5.74) is 0.385. The zero-order valence-corrected chi connectivity index (χ0v) is 14.9. The molecule has 1 atom stereocenters. The van der Waals surface area contributed by atoms with Crippen LogP contribution in [0.3, 0.4) is 0 Å². The third-order valence-corrected chi connectivity index (χ3v) is 4.42. The Hall–Kier alpha value is -1.85. The predicted molar refractivity (Wildman–Crippen MR) is 93.8 cm³/mol. The van der Waals surface area contributed by atoms with Crippen LogP contribution in [-0.2, 0) is 4.74 Å². The van der Waals surface area contributed by atoms with Gasteiger partial charge in [0.25, 0.3) is 0 Å². The first-order valence-electron chi connectivity index (χ1n) is 7.78. The van der Waals surface area contributed by atoms with Crippen molar-refractivity contribution in [1.82, 2.24) is 0 Å². The molecule has 0 saturated carbocycles. The Kier molecular flexibility index (Phi) is 5.45. The number of aliphatic imine (C=N–C) groups is 1. The molecule has 132 valence electrons. The third-order valence-electron chi connectivity index (χ3n) is 3.70. The topological polar surface area (TPSA) is 30.8 Å². The maximum absolute atomic E-state index is 13.9. The molecule has 1 unspecified atom stereocenters. The van der Waals surface area contributed by atoms with Crippen LogP contribution in [0.25, 0.3) is 0 Å². The first kappa shape index (κ1) is 18.0. The van der Waals surface area contributed by atoms with E-state index in [9.17, 15) is 8.78 Å². The minimum atomic E-state index is -0.726. The van der Waals surface area contributed by atoms with E-state index in [0.29, 0.717) is 28.0 Å². The highest BCUT2D eigenvalue weighted by molar-refractivity contribution is 6.42. The lowest BCUT2D eigenvalue weighted by atomic mass is 10.1. The van der Waals surface area contributed by atoms with E-state index in [1.807, 2.05) is 6.92 Å². The van der Waals surface area contributed by atoms with E-state index in [1.165, 1.54) is 6.07 Å². The van der Waals surface area contributed by atoms with E-state index in [1.54, 1.807) is 12.1 Å². The van der Waals surface area contributed by atoms with Crippen molar-refractivity contribution < 1.29 is 18.3 Å². The van der Waals surface area contributed by atoms with Gasteiger partial charge in [0, 0.05) is 11.6 Å². The molecule has 0 amide bonds. The maximum Gasteiger partial charge on any atom is 0.222 e. The van der Waals surface area contributed by atoms with Gasteiger partial charge < -0.3 is 9.47 Å². The first-order valence-corrected chi connectivity index (χ1v) is 8.53. The molecule has 25 heavy (non-hydrogen) atoms. The van der Waals surface area contributed by atoms with E-state index in [0.717, 1.165) is 18.6 Å². The van der Waals surface area contributed by atoms with Crippen molar-refractivity contribution in [3.63, 3.8) is 0 Å². The second-order valence-corrected chi connectivity index (χ2v) is 6.32. The van der Waals surface area contributed by atoms with Gasteiger partial charge in [-0.15, -0.1) is 0 Å². The fourth-order valence-corrected chi connectivity index (χ4v) is 2.84. The number of halogens is 4. The van der Waals surface area contributed by atoms with Crippen LogP contribution in [0.5, 0.6) is 5.75 Å². The van der Waals surface area contributed by atoms with Crippen LogP contribution in [0, 0.1) is 11.6 Å². The van der Waals surface area contributed by atoms with Crippen molar-refractivity contribution in [3.8, 4) is 5.75 Å². The molecule has 1 aliphatic heterocycles. The van der Waals surface area contributed by atoms with Crippen molar-refractivity contribution in [1.29, 1.82) is 0 Å². The summed E-state index contributed by atoms with van der Waals surface area (Å²) in [5, 5.41) is 0.709. The Morgan fingerprint density at radius 1 is 1.20 bits per heavy atom. The summed E-state index contributed by atoms with van der Waals surface area (Å²) >= 11 is 12.2. The molecule has 0 bridgehead atoms. The Morgan fingerprint density at radius 3 is 2.56 bits per heavy atom. The second kappa shape index (κ2) is 7.58. The lowest BCUT2D eigenvalue weighted by molar-refractivity contribution is 0.296. The monoisotopic (exact) mass is 385 g/mol. The maximum atomic E-state index is 13.9. The van der Waals surface area contributed by atoms with Gasteiger partial charge in [0.05, 0.1) is 16.7 Å². The fourth-order valence-electron chi connectivity index (χ4n) is 2.51. The predicted octanol–water partition coefficient (Wildman–Crippen LogP) is 5.58. The summed E-state index contributed by atoms with van der Waals surface area (Å²) in [7, 11) is 0. The molecule has 0 N–H and O–H groups in total. The molecule has 7 heteroatoms. The largest absolute Gasteiger partial charge is 0.493 e. The van der Waals surface area contributed by atoms with Gasteiger partial charge in [-0.3, -0.25) is 0 Å². The standard InChI is InChI=1S/C18H15Cl2F2NO2/c1-2-6-24-16-8-12(20)11(19)7-10(16)15-9-25-18(23-15)17-13(21)4-3-5-14(17)22/h3-5,7-8,15H,2,6,9H2,1H3. The van der Waals surface area contributed by atoms with E-state index in [-0.39, 0.29) is 18.1 Å². The highest BCUT2D eigenvalue weighted by Gasteiger charge is 2.28. The van der Waals surface area contributed by atoms with Gasteiger partial charge in [0.2, 0.25) is 5.90 Å². The molecule has 3 rings (SSSR count). The van der Waals surface area contributed by atoms with Crippen LogP contribution in [0.15, 0.2) is 35.3 Å². The van der Waals surface area contributed by atoms with Gasteiger partial charge in [-0.2, -0.15) is 0 Å². The zero-order valence-electron chi connectivity index (χ0n) is 13.4. The molecular formula is C18H15Cl2F2NO2. The zero-order chi connectivity index (χ0) is 18.0. The first-order chi connectivity index (χ1) is 12.0. The van der Waals surface area contributed by atoms with Crippen molar-refractivity contribution in [2.45, 2.75) is 19.4 Å². The average Bonchev–Trinajstić information content (AvgIpc) is 3.05. The minimum Gasteiger partial charge on any atom is -0.493 e. The Bertz CT molecular complexity index is 807. The lowest BCUT2D eigenvalue weighted by Gasteiger charge is -2.14. The van der Waals surface area contributed by atoms with Gasteiger partial charge in [0.1, 0.15) is 35.6 Å². The molecule has 0 radical (unpaired) electrons. The molecule has 0 spiro atoms. The van der Waals surface area contributed by atoms with Crippen LogP contribution in [-0.4, -0.2) is 19.1 Å². The smallest absolute Gasteiger partial charge is 0.222 e. The summed E-state index contributed by atoms with van der Waals surface area (Å²) in [6, 6.07) is 6.38. The molecule has 1 aliphatic rings. The van der Waals surface area contributed by atoms with Crippen molar-refractivity contribution >= 4 is 29.1 Å². The summed E-state index contributed by atoms with van der Waals surface area (Å²) in [6.45, 7) is 2.60. The SMILES string of the molecule is CCCOc1cc(Cl)c(Cl)cc1C1COC(c2c(F)cccc2F)=N1. The second-order valence-electron chi connectivity index (χ2n) is 5.51. The van der Waals surface area contributed by atoms with Crippen molar-refractivity contribution in [2.75, 3.05) is 13.2 Å². The van der Waals surface area contributed by atoms with Gasteiger partial charge >= 0.3 is 0 Å². The van der Waals surface area contributed by atoms with Gasteiger partial charge in [-0.25, -0.2) is 13.8 Å². The van der Waals surface area contributed by atoms with E-state index >= 15 is 0 Å². The molecule has 0 saturated heterocycles. The highest BCUT2D eigenvalue weighted by atomic mass is 35.5. The van der Waals surface area contributed by atoms with Crippen LogP contribution < -0.4 is 4.74 Å². The summed E-state index contributed by atoms with van der Waals surface area (Å²) in [4.78, 5) is 4.32. The molecule has 0 aliphatic carbocycles. The molecule has 3 nitrogen and oxygen atoms in total. The Balaban J connectivity index is 1.98. The molecule has 2 aromatic rings. The number of nitrogens with zero attached hydrogens (tertiary/aromatic N) is 1.